The monoisotopic (exact) mass is 415 g/mol. The van der Waals surface area contributed by atoms with Crippen molar-refractivity contribution in [1.82, 2.24) is 5.32 Å². The molecule has 0 bridgehead atoms. The van der Waals surface area contributed by atoms with Crippen molar-refractivity contribution in [3.05, 3.63) is 57.8 Å². The summed E-state index contributed by atoms with van der Waals surface area (Å²) in [5, 5.41) is 15.3. The topological polar surface area (TPSA) is 118 Å². The summed E-state index contributed by atoms with van der Waals surface area (Å²) in [5.41, 5.74) is 8.01. The van der Waals surface area contributed by atoms with Gasteiger partial charge in [-0.05, 0) is 24.8 Å². The van der Waals surface area contributed by atoms with E-state index in [4.69, 9.17) is 15.2 Å². The molecule has 3 N–H and O–H groups in total. The van der Waals surface area contributed by atoms with E-state index in [1.807, 2.05) is 13.8 Å². The molecule has 2 heterocycles. The molecule has 30 heavy (non-hydrogen) atoms. The van der Waals surface area contributed by atoms with E-state index in [9.17, 15) is 14.8 Å². The van der Waals surface area contributed by atoms with Crippen LogP contribution in [0.4, 0.5) is 0 Å². The number of nitrogens with two attached hydrogens (primary N) is 1. The second-order valence-electron chi connectivity index (χ2n) is 8.34. The number of hydrogen-bond acceptors (Lipinski definition) is 7. The van der Waals surface area contributed by atoms with Gasteiger partial charge in [0, 0.05) is 35.9 Å². The first-order chi connectivity index (χ1) is 14.3. The van der Waals surface area contributed by atoms with E-state index in [0.717, 1.165) is 5.70 Å². The number of dihydropyridines is 1. The zero-order valence-corrected chi connectivity index (χ0v) is 17.7. The van der Waals surface area contributed by atoms with E-state index >= 15 is 0 Å². The molecule has 1 unspecified atom stereocenters. The van der Waals surface area contributed by atoms with Crippen molar-refractivity contribution in [3.8, 4) is 0 Å². The van der Waals surface area contributed by atoms with Gasteiger partial charge in [0.25, 0.3) is 0 Å². The third-order valence-electron chi connectivity index (χ3n) is 5.26. The fraction of sp³-hybridized carbons (Fsp3) is 0.500. The third kappa shape index (κ3) is 4.55. The molecule has 0 fully saturated rings. The number of hydrogen-bond donors (Lipinski definition) is 2. The first kappa shape index (κ1) is 22.0. The molecule has 0 saturated carbocycles. The Morgan fingerprint density at radius 2 is 2.17 bits per heavy atom. The molecule has 162 valence electrons. The van der Waals surface area contributed by atoms with Crippen molar-refractivity contribution in [2.45, 2.75) is 39.5 Å². The van der Waals surface area contributed by atoms with Crippen molar-refractivity contribution in [2.75, 3.05) is 26.4 Å². The molecule has 1 aromatic heterocycles. The number of Topliss-reactive ketones (excluding diaryl/α,β-unsaturated/α-hetero) is 1. The number of carbonyl (C=O) groups excluding carboxylic acids is 2. The normalized spacial score (nSPS) is 20.7. The number of rotatable bonds is 7. The SMILES string of the molecule is CCOC(=O)C1=C(COCCN)NC2=C(C(=O)CC(C)(C)C2)C1c1ccc[n+]([O-])c1. The van der Waals surface area contributed by atoms with Crippen LogP contribution in [0.25, 0.3) is 0 Å². The quantitative estimate of drug-likeness (QED) is 0.299. The minimum absolute atomic E-state index is 0.0382. The van der Waals surface area contributed by atoms with Gasteiger partial charge in [0.15, 0.2) is 18.2 Å². The van der Waals surface area contributed by atoms with Gasteiger partial charge in [-0.2, -0.15) is 4.73 Å². The second kappa shape index (κ2) is 8.97. The van der Waals surface area contributed by atoms with Crippen LogP contribution in [0.3, 0.4) is 0 Å². The van der Waals surface area contributed by atoms with Crippen LogP contribution in [0, 0.1) is 10.6 Å². The summed E-state index contributed by atoms with van der Waals surface area (Å²) in [7, 11) is 0. The van der Waals surface area contributed by atoms with Gasteiger partial charge in [0.2, 0.25) is 0 Å². The summed E-state index contributed by atoms with van der Waals surface area (Å²) in [6, 6.07) is 3.36. The minimum atomic E-state index is -0.693. The number of pyridine rings is 1. The molecule has 1 atom stereocenters. The highest BCUT2D eigenvalue weighted by molar-refractivity contribution is 6.04. The smallest absolute Gasteiger partial charge is 0.336 e. The van der Waals surface area contributed by atoms with E-state index in [1.165, 1.54) is 12.4 Å². The molecule has 2 aliphatic rings. The molecule has 8 nitrogen and oxygen atoms in total. The molecule has 1 aliphatic carbocycles. The van der Waals surface area contributed by atoms with Crippen LogP contribution < -0.4 is 15.8 Å². The lowest BCUT2D eigenvalue weighted by Gasteiger charge is -2.39. The average molecular weight is 415 g/mol. The molecule has 8 heteroatoms. The average Bonchev–Trinajstić information content (AvgIpc) is 2.66. The van der Waals surface area contributed by atoms with Gasteiger partial charge in [-0.25, -0.2) is 4.79 Å². The minimum Gasteiger partial charge on any atom is -0.619 e. The van der Waals surface area contributed by atoms with Crippen LogP contribution >= 0.6 is 0 Å². The summed E-state index contributed by atoms with van der Waals surface area (Å²) in [4.78, 5) is 26.2. The molecule has 0 amide bonds. The predicted molar refractivity (Wildman–Crippen MR) is 110 cm³/mol. The Bertz CT molecular complexity index is 904. The van der Waals surface area contributed by atoms with Crippen molar-refractivity contribution in [3.63, 3.8) is 0 Å². The molecular formula is C22H29N3O5. The lowest BCUT2D eigenvalue weighted by atomic mass is 9.69. The Morgan fingerprint density at radius 1 is 1.40 bits per heavy atom. The summed E-state index contributed by atoms with van der Waals surface area (Å²) < 4.78 is 11.6. The van der Waals surface area contributed by atoms with Crippen molar-refractivity contribution in [2.24, 2.45) is 11.1 Å². The molecule has 1 aromatic rings. The van der Waals surface area contributed by atoms with Gasteiger partial charge in [-0.15, -0.1) is 0 Å². The largest absolute Gasteiger partial charge is 0.619 e. The highest BCUT2D eigenvalue weighted by Gasteiger charge is 2.44. The van der Waals surface area contributed by atoms with E-state index in [-0.39, 0.29) is 24.4 Å². The van der Waals surface area contributed by atoms with Crippen LogP contribution in [0.1, 0.15) is 45.1 Å². The Balaban J connectivity index is 2.18. The first-order valence-corrected chi connectivity index (χ1v) is 10.2. The van der Waals surface area contributed by atoms with Gasteiger partial charge in [-0.3, -0.25) is 4.79 Å². The zero-order valence-electron chi connectivity index (χ0n) is 17.7. The maximum atomic E-state index is 13.2. The van der Waals surface area contributed by atoms with E-state index in [0.29, 0.717) is 53.1 Å². The number of esters is 1. The van der Waals surface area contributed by atoms with E-state index in [2.05, 4.69) is 5.32 Å². The van der Waals surface area contributed by atoms with E-state index < -0.39 is 11.9 Å². The van der Waals surface area contributed by atoms with Crippen molar-refractivity contribution >= 4 is 11.8 Å². The summed E-state index contributed by atoms with van der Waals surface area (Å²) in [6.07, 6.45) is 3.77. The van der Waals surface area contributed by atoms with Crippen LogP contribution in [0.15, 0.2) is 47.1 Å². The van der Waals surface area contributed by atoms with Crippen molar-refractivity contribution in [1.29, 1.82) is 0 Å². The highest BCUT2D eigenvalue weighted by atomic mass is 16.5. The van der Waals surface area contributed by atoms with Crippen LogP contribution in [0.2, 0.25) is 0 Å². The van der Waals surface area contributed by atoms with Gasteiger partial charge >= 0.3 is 5.97 Å². The molecule has 0 spiro atoms. The Kier molecular flexibility index (Phi) is 6.58. The fourth-order valence-corrected chi connectivity index (χ4v) is 4.15. The number of ether oxygens (including phenoxy) is 2. The number of carbonyl (C=O) groups is 2. The van der Waals surface area contributed by atoms with Gasteiger partial charge in [0.05, 0.1) is 37.0 Å². The van der Waals surface area contributed by atoms with Crippen molar-refractivity contribution < 1.29 is 23.8 Å². The van der Waals surface area contributed by atoms with Gasteiger partial charge in [0.1, 0.15) is 0 Å². The highest BCUT2D eigenvalue weighted by Crippen LogP contribution is 2.46. The number of nitrogens with zero attached hydrogens (tertiary/aromatic N) is 1. The summed E-state index contributed by atoms with van der Waals surface area (Å²) >= 11 is 0. The lowest BCUT2D eigenvalue weighted by molar-refractivity contribution is -0.605. The Morgan fingerprint density at radius 3 is 2.83 bits per heavy atom. The molecular weight excluding hydrogens is 386 g/mol. The standard InChI is InChI=1S/C22H29N3O5/c1-4-30-21(27)20-16(13-29-9-7-23)24-15-10-22(2,3)11-17(26)19(15)18(20)14-6-5-8-25(28)12-14/h5-6,8,12,18,24H,4,7,9-11,13,23H2,1-3H3. The predicted octanol–water partition coefficient (Wildman–Crippen LogP) is 1.44. The molecule has 1 aliphatic heterocycles. The third-order valence-corrected chi connectivity index (χ3v) is 5.26. The van der Waals surface area contributed by atoms with E-state index in [1.54, 1.807) is 19.1 Å². The lowest BCUT2D eigenvalue weighted by Crippen LogP contribution is -2.41. The maximum Gasteiger partial charge on any atom is 0.336 e. The number of allylic oxidation sites excluding steroid dienone is 2. The fourth-order valence-electron chi connectivity index (χ4n) is 4.15. The summed E-state index contributed by atoms with van der Waals surface area (Å²) in [5.74, 6) is -1.27. The first-order valence-electron chi connectivity index (χ1n) is 10.2. The summed E-state index contributed by atoms with van der Waals surface area (Å²) in [6.45, 7) is 6.78. The van der Waals surface area contributed by atoms with Gasteiger partial charge < -0.3 is 25.7 Å². The van der Waals surface area contributed by atoms with Gasteiger partial charge in [-0.1, -0.05) is 13.8 Å². The van der Waals surface area contributed by atoms with Crippen LogP contribution in [0.5, 0.6) is 0 Å². The molecule has 0 radical (unpaired) electrons. The van der Waals surface area contributed by atoms with Crippen LogP contribution in [-0.2, 0) is 19.1 Å². The molecule has 0 aromatic carbocycles. The maximum absolute atomic E-state index is 13.2. The Hall–Kier alpha value is -2.71. The number of ketones is 1. The Labute approximate surface area is 176 Å². The number of nitrogens with one attached hydrogen (secondary N) is 1. The number of aromatic nitrogens is 1. The molecule has 0 saturated heterocycles. The zero-order chi connectivity index (χ0) is 21.9. The molecule has 3 rings (SSSR count). The second-order valence-corrected chi connectivity index (χ2v) is 8.34. The van der Waals surface area contributed by atoms with Crippen LogP contribution in [-0.4, -0.2) is 38.1 Å².